The minimum Gasteiger partial charge on any atom is -0.356 e. The van der Waals surface area contributed by atoms with Gasteiger partial charge in [0.05, 0.1) is 0 Å². The fraction of sp³-hybridized carbons (Fsp3) is 0.200. The average Bonchev–Trinajstić information content (AvgIpc) is 2.73. The third-order valence-electron chi connectivity index (χ3n) is 2.04. The second-order valence-corrected chi connectivity index (χ2v) is 4.37. The second-order valence-electron chi connectivity index (χ2n) is 3.18. The predicted octanol–water partition coefficient (Wildman–Crippen LogP) is 3.11. The van der Waals surface area contributed by atoms with Crippen molar-refractivity contribution in [3.05, 3.63) is 40.7 Å². The van der Waals surface area contributed by atoms with Crippen LogP contribution in [0.15, 0.2) is 24.5 Å². The number of hydrogen-bond donors (Lipinski definition) is 1. The summed E-state index contributed by atoms with van der Waals surface area (Å²) in [6, 6.07) is 6.03. The lowest BCUT2D eigenvalue weighted by molar-refractivity contribution is 1.13. The first-order valence-corrected chi connectivity index (χ1v) is 5.66. The Kier molecular flexibility index (Phi) is 3.18. The van der Waals surface area contributed by atoms with Crippen molar-refractivity contribution < 1.29 is 0 Å². The van der Waals surface area contributed by atoms with Crippen LogP contribution < -0.4 is 5.32 Å². The first kappa shape index (κ1) is 10.4. The molecule has 0 saturated heterocycles. The van der Waals surface area contributed by atoms with Crippen LogP contribution in [-0.4, -0.2) is 9.36 Å². The summed E-state index contributed by atoms with van der Waals surface area (Å²) >= 11 is 7.37. The van der Waals surface area contributed by atoms with Crippen molar-refractivity contribution >= 4 is 28.3 Å². The van der Waals surface area contributed by atoms with Gasteiger partial charge >= 0.3 is 0 Å². The quantitative estimate of drug-likeness (QED) is 0.895. The van der Waals surface area contributed by atoms with Crippen molar-refractivity contribution in [3.8, 4) is 0 Å². The van der Waals surface area contributed by atoms with Gasteiger partial charge in [0.15, 0.2) is 0 Å². The summed E-state index contributed by atoms with van der Waals surface area (Å²) in [7, 11) is 0. The zero-order valence-electron chi connectivity index (χ0n) is 8.20. The number of benzene rings is 1. The molecule has 0 saturated carbocycles. The van der Waals surface area contributed by atoms with Gasteiger partial charge in [-0.15, -0.1) is 0 Å². The van der Waals surface area contributed by atoms with Crippen molar-refractivity contribution in [3.63, 3.8) is 0 Å². The highest BCUT2D eigenvalue weighted by molar-refractivity contribution is 7.09. The Morgan fingerprint density at radius 2 is 2.33 bits per heavy atom. The number of aromatic nitrogens is 2. The molecule has 15 heavy (non-hydrogen) atoms. The molecule has 0 fully saturated rings. The number of anilines is 1. The summed E-state index contributed by atoms with van der Waals surface area (Å²) in [5.74, 6) is 0. The lowest BCUT2D eigenvalue weighted by Crippen LogP contribution is -1.98. The smallest absolute Gasteiger partial charge is 0.202 e. The maximum absolute atomic E-state index is 6.02. The van der Waals surface area contributed by atoms with Crippen LogP contribution in [0.5, 0.6) is 0 Å². The molecule has 0 spiro atoms. The molecule has 0 unspecified atom stereocenters. The first-order chi connectivity index (χ1) is 7.25. The van der Waals surface area contributed by atoms with Gasteiger partial charge in [-0.3, -0.25) is 0 Å². The van der Waals surface area contributed by atoms with Crippen LogP contribution in [-0.2, 0) is 6.54 Å². The summed E-state index contributed by atoms with van der Waals surface area (Å²) in [6.45, 7) is 2.71. The fourth-order valence-corrected chi connectivity index (χ4v) is 1.80. The molecule has 0 aliphatic rings. The largest absolute Gasteiger partial charge is 0.356 e. The monoisotopic (exact) mass is 239 g/mol. The van der Waals surface area contributed by atoms with Crippen LogP contribution in [0.25, 0.3) is 0 Å². The third-order valence-corrected chi connectivity index (χ3v) is 3.07. The number of nitrogens with zero attached hydrogens (tertiary/aromatic N) is 2. The molecule has 0 aliphatic heterocycles. The molecule has 1 aromatic carbocycles. The van der Waals surface area contributed by atoms with Crippen molar-refractivity contribution in [2.45, 2.75) is 13.5 Å². The van der Waals surface area contributed by atoms with Crippen molar-refractivity contribution in [2.24, 2.45) is 0 Å². The van der Waals surface area contributed by atoms with Crippen molar-refractivity contribution in [1.82, 2.24) is 9.36 Å². The van der Waals surface area contributed by atoms with Gasteiger partial charge in [-0.2, -0.15) is 4.37 Å². The van der Waals surface area contributed by atoms with Crippen molar-refractivity contribution in [1.29, 1.82) is 0 Å². The van der Waals surface area contributed by atoms with Crippen LogP contribution in [0.2, 0.25) is 5.02 Å². The highest BCUT2D eigenvalue weighted by atomic mass is 35.5. The normalized spacial score (nSPS) is 10.3. The van der Waals surface area contributed by atoms with E-state index in [1.165, 1.54) is 17.9 Å². The van der Waals surface area contributed by atoms with E-state index in [1.807, 2.05) is 19.1 Å². The van der Waals surface area contributed by atoms with Crippen LogP contribution in [0.3, 0.4) is 0 Å². The van der Waals surface area contributed by atoms with Crippen LogP contribution in [0.4, 0.5) is 5.13 Å². The van der Waals surface area contributed by atoms with E-state index in [1.54, 1.807) is 0 Å². The molecule has 2 rings (SSSR count). The number of nitrogens with one attached hydrogen (secondary N) is 1. The maximum atomic E-state index is 6.02. The predicted molar refractivity (Wildman–Crippen MR) is 63.4 cm³/mol. The Balaban J connectivity index is 2.02. The van der Waals surface area contributed by atoms with Gasteiger partial charge in [-0.25, -0.2) is 4.98 Å². The number of aryl methyl sites for hydroxylation is 1. The van der Waals surface area contributed by atoms with Gasteiger partial charge in [0.2, 0.25) is 5.13 Å². The number of hydrogen-bond acceptors (Lipinski definition) is 4. The average molecular weight is 240 g/mol. The SMILES string of the molecule is Cc1ccc(CNc2ncns2)cc1Cl. The van der Waals surface area contributed by atoms with E-state index in [0.29, 0.717) is 0 Å². The molecule has 0 radical (unpaired) electrons. The van der Waals surface area contributed by atoms with Gasteiger partial charge in [-0.1, -0.05) is 23.7 Å². The molecule has 1 N–H and O–H groups in total. The molecule has 0 atom stereocenters. The second kappa shape index (κ2) is 4.59. The summed E-state index contributed by atoms with van der Waals surface area (Å²) < 4.78 is 3.91. The lowest BCUT2D eigenvalue weighted by Gasteiger charge is -2.04. The molecule has 3 nitrogen and oxygen atoms in total. The minimum absolute atomic E-state index is 0.717. The Bertz CT molecular complexity index is 442. The number of rotatable bonds is 3. The molecule has 0 bridgehead atoms. The summed E-state index contributed by atoms with van der Waals surface area (Å²) in [5, 5.41) is 4.80. The van der Waals surface area contributed by atoms with E-state index >= 15 is 0 Å². The minimum atomic E-state index is 0.717. The van der Waals surface area contributed by atoms with Gasteiger partial charge in [0.1, 0.15) is 6.33 Å². The van der Waals surface area contributed by atoms with Gasteiger partial charge in [-0.05, 0) is 24.1 Å². The van der Waals surface area contributed by atoms with Gasteiger partial charge < -0.3 is 5.32 Å². The lowest BCUT2D eigenvalue weighted by atomic mass is 10.1. The fourth-order valence-electron chi connectivity index (χ4n) is 1.17. The van der Waals surface area contributed by atoms with Gasteiger partial charge in [0, 0.05) is 23.1 Å². The Morgan fingerprint density at radius 1 is 1.47 bits per heavy atom. The molecule has 5 heteroatoms. The summed E-state index contributed by atoms with van der Waals surface area (Å²) in [6.07, 6.45) is 1.54. The molecule has 1 heterocycles. The van der Waals surface area contributed by atoms with E-state index in [0.717, 1.165) is 27.8 Å². The zero-order chi connectivity index (χ0) is 10.7. The highest BCUT2D eigenvalue weighted by Gasteiger charge is 1.99. The van der Waals surface area contributed by atoms with E-state index in [4.69, 9.17) is 11.6 Å². The molecule has 0 amide bonds. The Hall–Kier alpha value is -1.13. The molecule has 78 valence electrons. The van der Waals surface area contributed by atoms with Gasteiger partial charge in [0.25, 0.3) is 0 Å². The molecule has 0 aliphatic carbocycles. The van der Waals surface area contributed by atoms with E-state index in [9.17, 15) is 0 Å². The zero-order valence-corrected chi connectivity index (χ0v) is 9.77. The van der Waals surface area contributed by atoms with Crippen LogP contribution in [0, 0.1) is 6.92 Å². The third kappa shape index (κ3) is 2.67. The molecule has 2 aromatic rings. The molecular weight excluding hydrogens is 230 g/mol. The van der Waals surface area contributed by atoms with E-state index in [2.05, 4.69) is 20.7 Å². The van der Waals surface area contributed by atoms with E-state index < -0.39 is 0 Å². The van der Waals surface area contributed by atoms with E-state index in [-0.39, 0.29) is 0 Å². The van der Waals surface area contributed by atoms with Crippen LogP contribution in [0.1, 0.15) is 11.1 Å². The summed E-state index contributed by atoms with van der Waals surface area (Å²) in [5.41, 5.74) is 2.23. The molecular formula is C10H10ClN3S. The standard InChI is InChI=1S/C10H10ClN3S/c1-7-2-3-8(4-9(7)11)5-12-10-13-6-14-15-10/h2-4,6H,5H2,1H3,(H,12,13,14). The Labute approximate surface area is 97.3 Å². The Morgan fingerprint density at radius 3 is 3.00 bits per heavy atom. The number of halogens is 1. The molecule has 1 aromatic heterocycles. The highest BCUT2D eigenvalue weighted by Crippen LogP contribution is 2.17. The summed E-state index contributed by atoms with van der Waals surface area (Å²) in [4.78, 5) is 4.03. The first-order valence-electron chi connectivity index (χ1n) is 4.51. The van der Waals surface area contributed by atoms with Crippen molar-refractivity contribution in [2.75, 3.05) is 5.32 Å². The maximum Gasteiger partial charge on any atom is 0.202 e. The topological polar surface area (TPSA) is 37.8 Å². The van der Waals surface area contributed by atoms with Crippen LogP contribution >= 0.6 is 23.1 Å².